The summed E-state index contributed by atoms with van der Waals surface area (Å²) in [5.41, 5.74) is 3.37. The van der Waals surface area contributed by atoms with E-state index < -0.39 is 4.92 Å². The van der Waals surface area contributed by atoms with Gasteiger partial charge in [-0.3, -0.25) is 16.0 Å². The first-order valence-corrected chi connectivity index (χ1v) is 3.80. The molecule has 0 bridgehead atoms. The molecule has 0 spiro atoms. The molecule has 1 rings (SSSR count). The minimum atomic E-state index is -0.513. The minimum Gasteiger partial charge on any atom is -0.324 e. The van der Waals surface area contributed by atoms with Gasteiger partial charge in [0.25, 0.3) is 5.69 Å². The van der Waals surface area contributed by atoms with Gasteiger partial charge in [0.1, 0.15) is 0 Å². The number of nitro groups is 1. The van der Waals surface area contributed by atoms with Crippen LogP contribution in [0.15, 0.2) is 18.2 Å². The highest BCUT2D eigenvalue weighted by Gasteiger charge is 2.09. The van der Waals surface area contributed by atoms with E-state index in [2.05, 4.69) is 5.43 Å². The molecule has 1 aromatic rings. The van der Waals surface area contributed by atoms with Gasteiger partial charge < -0.3 is 5.43 Å². The van der Waals surface area contributed by atoms with E-state index in [0.29, 0.717) is 11.3 Å². The Bertz CT molecular complexity index is 397. The normalized spacial score (nSPS) is 9.14. The third kappa shape index (κ3) is 1.97. The summed E-state index contributed by atoms with van der Waals surface area (Å²) in [6.45, 7) is 0. The third-order valence-corrected chi connectivity index (χ3v) is 1.72. The van der Waals surface area contributed by atoms with Crippen LogP contribution in [0.3, 0.4) is 0 Å². The van der Waals surface area contributed by atoms with Crippen LogP contribution in [0.2, 0.25) is 0 Å². The van der Waals surface area contributed by atoms with Crippen LogP contribution < -0.4 is 11.3 Å². The zero-order valence-electron chi connectivity index (χ0n) is 7.23. The molecule has 6 heteroatoms. The van der Waals surface area contributed by atoms with E-state index in [0.717, 1.165) is 0 Å². The summed E-state index contributed by atoms with van der Waals surface area (Å²) in [6, 6.07) is 6.04. The second-order valence-corrected chi connectivity index (χ2v) is 2.58. The Morgan fingerprint density at radius 1 is 1.64 bits per heavy atom. The van der Waals surface area contributed by atoms with Crippen molar-refractivity contribution in [3.05, 3.63) is 33.9 Å². The van der Waals surface area contributed by atoms with Gasteiger partial charge in [-0.2, -0.15) is 5.26 Å². The topological polar surface area (TPSA) is 105 Å². The highest BCUT2D eigenvalue weighted by atomic mass is 16.6. The molecular weight excluding hydrogens is 184 g/mol. The number of nitro benzene ring substituents is 1. The second-order valence-electron chi connectivity index (χ2n) is 2.58. The SMILES string of the molecule is N#CCc1cc([N+](=O)[O-])ccc1NN. The minimum absolute atomic E-state index is 0.0470. The molecule has 1 aromatic carbocycles. The number of hydrogen-bond acceptors (Lipinski definition) is 5. The number of nitrogens with two attached hydrogens (primary N) is 1. The lowest BCUT2D eigenvalue weighted by Gasteiger charge is -2.04. The van der Waals surface area contributed by atoms with Crippen LogP contribution in [0.4, 0.5) is 11.4 Å². The highest BCUT2D eigenvalue weighted by molar-refractivity contribution is 5.56. The molecule has 6 nitrogen and oxygen atoms in total. The van der Waals surface area contributed by atoms with E-state index in [1.54, 1.807) is 0 Å². The van der Waals surface area contributed by atoms with Gasteiger partial charge in [-0.05, 0) is 11.6 Å². The predicted octanol–water partition coefficient (Wildman–Crippen LogP) is 0.946. The summed E-state index contributed by atoms with van der Waals surface area (Å²) in [6.07, 6.45) is 0.0845. The number of hydrazine groups is 1. The molecular formula is C8H8N4O2. The van der Waals surface area contributed by atoms with Crippen molar-refractivity contribution in [3.63, 3.8) is 0 Å². The predicted molar refractivity (Wildman–Crippen MR) is 50.2 cm³/mol. The molecule has 0 fully saturated rings. The Balaban J connectivity index is 3.15. The number of rotatable bonds is 3. The lowest BCUT2D eigenvalue weighted by molar-refractivity contribution is -0.384. The molecule has 0 atom stereocenters. The first-order valence-electron chi connectivity index (χ1n) is 3.80. The number of anilines is 1. The summed E-state index contributed by atoms with van der Waals surface area (Å²) >= 11 is 0. The highest BCUT2D eigenvalue weighted by Crippen LogP contribution is 2.21. The van der Waals surface area contributed by atoms with E-state index in [4.69, 9.17) is 11.1 Å². The van der Waals surface area contributed by atoms with Gasteiger partial charge in [0.15, 0.2) is 0 Å². The van der Waals surface area contributed by atoms with Crippen molar-refractivity contribution < 1.29 is 4.92 Å². The first kappa shape index (κ1) is 9.95. The van der Waals surface area contributed by atoms with Crippen molar-refractivity contribution in [2.24, 2.45) is 5.84 Å². The standard InChI is InChI=1S/C8H8N4O2/c9-4-3-6-5-7(12(13)14)1-2-8(6)11-10/h1-2,5,11H,3,10H2. The van der Waals surface area contributed by atoms with Gasteiger partial charge in [0.2, 0.25) is 0 Å². The fourth-order valence-electron chi connectivity index (χ4n) is 1.07. The van der Waals surface area contributed by atoms with E-state index in [-0.39, 0.29) is 12.1 Å². The summed E-state index contributed by atoms with van der Waals surface area (Å²) in [4.78, 5) is 9.92. The molecule has 0 amide bonds. The Hall–Kier alpha value is -2.13. The lowest BCUT2D eigenvalue weighted by atomic mass is 10.1. The smallest absolute Gasteiger partial charge is 0.269 e. The van der Waals surface area contributed by atoms with Gasteiger partial charge in [0, 0.05) is 12.1 Å². The number of non-ortho nitro benzene ring substituents is 1. The number of nitrogens with one attached hydrogen (secondary N) is 1. The number of nitriles is 1. The largest absolute Gasteiger partial charge is 0.324 e. The molecule has 14 heavy (non-hydrogen) atoms. The Morgan fingerprint density at radius 2 is 2.36 bits per heavy atom. The Labute approximate surface area is 80.1 Å². The molecule has 0 aliphatic heterocycles. The lowest BCUT2D eigenvalue weighted by Crippen LogP contribution is -2.09. The fourth-order valence-corrected chi connectivity index (χ4v) is 1.07. The third-order valence-electron chi connectivity index (χ3n) is 1.72. The van der Waals surface area contributed by atoms with Gasteiger partial charge in [-0.1, -0.05) is 0 Å². The molecule has 0 aliphatic rings. The zero-order chi connectivity index (χ0) is 10.6. The monoisotopic (exact) mass is 192 g/mol. The van der Waals surface area contributed by atoms with Crippen LogP contribution >= 0.6 is 0 Å². The molecule has 0 saturated carbocycles. The molecule has 0 radical (unpaired) electrons. The van der Waals surface area contributed by atoms with Crippen molar-refractivity contribution in [1.82, 2.24) is 0 Å². The van der Waals surface area contributed by atoms with E-state index in [1.807, 2.05) is 6.07 Å². The van der Waals surface area contributed by atoms with Crippen LogP contribution in [0.1, 0.15) is 5.56 Å². The molecule has 72 valence electrons. The van der Waals surface area contributed by atoms with Crippen LogP contribution in [-0.4, -0.2) is 4.92 Å². The number of nitrogen functional groups attached to an aromatic ring is 1. The average Bonchev–Trinajstić information content (AvgIpc) is 2.18. The van der Waals surface area contributed by atoms with Gasteiger partial charge in [-0.15, -0.1) is 0 Å². The van der Waals surface area contributed by atoms with Crippen LogP contribution in [0.25, 0.3) is 0 Å². The molecule has 0 saturated heterocycles. The van der Waals surface area contributed by atoms with Crippen molar-refractivity contribution >= 4 is 11.4 Å². The zero-order valence-corrected chi connectivity index (χ0v) is 7.23. The summed E-state index contributed by atoms with van der Waals surface area (Å²) in [7, 11) is 0. The molecule has 0 unspecified atom stereocenters. The molecule has 0 aromatic heterocycles. The van der Waals surface area contributed by atoms with Gasteiger partial charge in [-0.25, -0.2) is 0 Å². The number of hydrogen-bond donors (Lipinski definition) is 2. The van der Waals surface area contributed by atoms with Gasteiger partial charge in [0.05, 0.1) is 23.1 Å². The Kier molecular flexibility index (Phi) is 2.99. The van der Waals surface area contributed by atoms with E-state index in [1.165, 1.54) is 18.2 Å². The maximum Gasteiger partial charge on any atom is 0.269 e. The first-order chi connectivity index (χ1) is 6.69. The summed E-state index contributed by atoms with van der Waals surface area (Å²) in [5.74, 6) is 5.18. The van der Waals surface area contributed by atoms with E-state index in [9.17, 15) is 10.1 Å². The maximum atomic E-state index is 10.4. The summed E-state index contributed by atoms with van der Waals surface area (Å²) in [5, 5.41) is 18.9. The second kappa shape index (κ2) is 4.20. The summed E-state index contributed by atoms with van der Waals surface area (Å²) < 4.78 is 0. The van der Waals surface area contributed by atoms with Crippen molar-refractivity contribution in [2.45, 2.75) is 6.42 Å². The van der Waals surface area contributed by atoms with Crippen LogP contribution in [-0.2, 0) is 6.42 Å². The van der Waals surface area contributed by atoms with E-state index >= 15 is 0 Å². The van der Waals surface area contributed by atoms with Crippen molar-refractivity contribution in [2.75, 3.05) is 5.43 Å². The maximum absolute atomic E-state index is 10.4. The number of nitrogens with zero attached hydrogens (tertiary/aromatic N) is 2. The van der Waals surface area contributed by atoms with Crippen molar-refractivity contribution in [3.8, 4) is 6.07 Å². The molecule has 0 aliphatic carbocycles. The number of benzene rings is 1. The quantitative estimate of drug-likeness (QED) is 0.421. The average molecular weight is 192 g/mol. The van der Waals surface area contributed by atoms with Crippen molar-refractivity contribution in [1.29, 1.82) is 5.26 Å². The van der Waals surface area contributed by atoms with Crippen LogP contribution in [0, 0.1) is 21.4 Å². The Morgan fingerprint density at radius 3 is 2.86 bits per heavy atom. The van der Waals surface area contributed by atoms with Crippen LogP contribution in [0.5, 0.6) is 0 Å². The van der Waals surface area contributed by atoms with Gasteiger partial charge >= 0.3 is 0 Å². The molecule has 3 N–H and O–H groups in total. The fraction of sp³-hybridized carbons (Fsp3) is 0.125. The molecule has 0 heterocycles.